The Morgan fingerprint density at radius 3 is 2.65 bits per heavy atom. The van der Waals surface area contributed by atoms with Crippen LogP contribution in [0.4, 0.5) is 0 Å². The Kier molecular flexibility index (Phi) is 7.21. The van der Waals surface area contributed by atoms with E-state index in [1.807, 2.05) is 67.9 Å². The Balaban J connectivity index is 1.38. The van der Waals surface area contributed by atoms with E-state index < -0.39 is 11.6 Å². The Morgan fingerprint density at radius 2 is 1.97 bits per heavy atom. The second-order valence-corrected chi connectivity index (χ2v) is 11.1. The third kappa shape index (κ3) is 5.22. The molecule has 0 amide bonds. The molecule has 5 rings (SSSR count). The van der Waals surface area contributed by atoms with Gasteiger partial charge in [0.25, 0.3) is 0 Å². The fourth-order valence-corrected chi connectivity index (χ4v) is 6.15. The highest BCUT2D eigenvalue weighted by Gasteiger charge is 2.48. The monoisotopic (exact) mass is 522 g/mol. The van der Waals surface area contributed by atoms with Crippen molar-refractivity contribution >= 4 is 28.6 Å². The van der Waals surface area contributed by atoms with Crippen molar-refractivity contribution in [3.63, 3.8) is 0 Å². The quantitative estimate of drug-likeness (QED) is 0.326. The van der Waals surface area contributed by atoms with Crippen molar-refractivity contribution in [2.75, 3.05) is 0 Å². The third-order valence-corrected chi connectivity index (χ3v) is 8.16. The van der Waals surface area contributed by atoms with Crippen molar-refractivity contribution < 1.29 is 19.4 Å². The molecule has 0 saturated heterocycles. The number of fused-ring (bicyclic) bond motifs is 1. The number of hydrogen-bond acceptors (Lipinski definition) is 5. The number of hydrogen-bond donors (Lipinski definition) is 1. The van der Waals surface area contributed by atoms with Gasteiger partial charge >= 0.3 is 5.97 Å². The van der Waals surface area contributed by atoms with Crippen LogP contribution in [0.5, 0.6) is 5.75 Å². The van der Waals surface area contributed by atoms with E-state index in [0.717, 1.165) is 48.1 Å². The number of cyclic esters (lactones) is 1. The van der Waals surface area contributed by atoms with E-state index in [1.54, 1.807) is 0 Å². The minimum absolute atomic E-state index is 0.0451. The summed E-state index contributed by atoms with van der Waals surface area (Å²) in [6.07, 6.45) is 6.19. The van der Waals surface area contributed by atoms with E-state index in [2.05, 4.69) is 4.98 Å². The van der Waals surface area contributed by atoms with Crippen molar-refractivity contribution in [3.8, 4) is 5.75 Å². The number of rotatable bonds is 8. The number of benzene rings is 2. The highest BCUT2D eigenvalue weighted by atomic mass is 35.5. The molecule has 1 aliphatic carbocycles. The van der Waals surface area contributed by atoms with Crippen molar-refractivity contribution in [2.45, 2.75) is 76.9 Å². The minimum atomic E-state index is -0.715. The molecule has 0 radical (unpaired) electrons. The van der Waals surface area contributed by atoms with Crippen LogP contribution in [0.15, 0.2) is 53.8 Å². The molecule has 1 aromatic heterocycles. The lowest BCUT2D eigenvalue weighted by molar-refractivity contribution is -0.167. The van der Waals surface area contributed by atoms with Gasteiger partial charge in [-0.15, -0.1) is 0 Å². The summed E-state index contributed by atoms with van der Waals surface area (Å²) in [5, 5.41) is 11.8. The molecule has 2 heterocycles. The molecule has 1 aliphatic heterocycles. The lowest BCUT2D eigenvalue weighted by atomic mass is 9.76. The summed E-state index contributed by atoms with van der Waals surface area (Å²) >= 11 is 6.48. The van der Waals surface area contributed by atoms with E-state index in [-0.39, 0.29) is 24.2 Å². The molecule has 1 saturated carbocycles. The van der Waals surface area contributed by atoms with Crippen LogP contribution in [0, 0.1) is 5.92 Å². The number of aliphatic hydroxyl groups excluding tert-OH is 1. The van der Waals surface area contributed by atoms with Gasteiger partial charge in [-0.2, -0.15) is 0 Å². The SMILES string of the molecule is CC(C)Oc1ccc(CCC2(C3CCCC3)CC(O)=C(Cc3nc4ccccc4n3C)C(=O)O2)cc1Cl. The van der Waals surface area contributed by atoms with Crippen molar-refractivity contribution in [1.29, 1.82) is 0 Å². The predicted molar refractivity (Wildman–Crippen MR) is 145 cm³/mol. The van der Waals surface area contributed by atoms with Gasteiger partial charge in [0.1, 0.15) is 22.9 Å². The second-order valence-electron chi connectivity index (χ2n) is 10.7. The van der Waals surface area contributed by atoms with Crippen molar-refractivity contribution in [2.24, 2.45) is 13.0 Å². The fraction of sp³-hybridized carbons (Fsp3) is 0.467. The number of para-hydroxylation sites is 2. The zero-order valence-electron chi connectivity index (χ0n) is 21.8. The maximum absolute atomic E-state index is 13.4. The van der Waals surface area contributed by atoms with Gasteiger partial charge in [-0.3, -0.25) is 0 Å². The van der Waals surface area contributed by atoms with Crippen LogP contribution in [-0.4, -0.2) is 32.3 Å². The molecule has 2 aromatic carbocycles. The number of aromatic nitrogens is 2. The number of aliphatic hydroxyl groups is 1. The van der Waals surface area contributed by atoms with Gasteiger partial charge in [-0.1, -0.05) is 42.6 Å². The molecule has 1 fully saturated rings. The van der Waals surface area contributed by atoms with Gasteiger partial charge < -0.3 is 19.1 Å². The molecule has 0 bridgehead atoms. The molecule has 6 nitrogen and oxygen atoms in total. The first kappa shape index (κ1) is 25.7. The smallest absolute Gasteiger partial charge is 0.338 e. The molecular formula is C30H35ClN2O4. The van der Waals surface area contributed by atoms with Gasteiger partial charge in [0.15, 0.2) is 0 Å². The van der Waals surface area contributed by atoms with Crippen LogP contribution in [0.3, 0.4) is 0 Å². The van der Waals surface area contributed by atoms with Gasteiger partial charge in [-0.25, -0.2) is 9.78 Å². The van der Waals surface area contributed by atoms with Crippen LogP contribution >= 0.6 is 11.6 Å². The van der Waals surface area contributed by atoms with Crippen LogP contribution in [-0.2, 0) is 29.4 Å². The summed E-state index contributed by atoms with van der Waals surface area (Å²) in [4.78, 5) is 18.1. The summed E-state index contributed by atoms with van der Waals surface area (Å²) in [6, 6.07) is 13.7. The first-order valence-corrected chi connectivity index (χ1v) is 13.6. The standard InChI is InChI=1S/C30H35ClN2O4/c1-19(2)36-27-13-12-20(16-23(27)31)14-15-30(21-8-4-5-9-21)18-26(34)22(29(35)37-30)17-28-32-24-10-6-7-11-25(24)33(28)3/h6-7,10-13,16,19,21,34H,4-5,8-9,14-15,17-18H2,1-3H3. The Bertz CT molecular complexity index is 1340. The van der Waals surface area contributed by atoms with E-state index in [0.29, 0.717) is 35.6 Å². The van der Waals surface area contributed by atoms with Gasteiger partial charge in [0.05, 0.1) is 27.7 Å². The van der Waals surface area contributed by atoms with Crippen LogP contribution in [0.2, 0.25) is 5.02 Å². The number of imidazole rings is 1. The number of ether oxygens (including phenoxy) is 2. The molecule has 0 spiro atoms. The summed E-state index contributed by atoms with van der Waals surface area (Å²) in [5.74, 6) is 1.33. The summed E-state index contributed by atoms with van der Waals surface area (Å²) < 4.78 is 14.0. The maximum atomic E-state index is 13.4. The predicted octanol–water partition coefficient (Wildman–Crippen LogP) is 6.88. The van der Waals surface area contributed by atoms with E-state index in [9.17, 15) is 9.90 Å². The lowest BCUT2D eigenvalue weighted by Gasteiger charge is -2.42. The molecule has 1 atom stereocenters. The average Bonchev–Trinajstić information content (AvgIpc) is 3.51. The molecule has 196 valence electrons. The Hall–Kier alpha value is -2.99. The molecule has 1 unspecified atom stereocenters. The highest BCUT2D eigenvalue weighted by Crippen LogP contribution is 2.46. The zero-order valence-corrected chi connectivity index (χ0v) is 22.6. The highest BCUT2D eigenvalue weighted by molar-refractivity contribution is 6.32. The number of nitrogens with zero attached hydrogens (tertiary/aromatic N) is 2. The van der Waals surface area contributed by atoms with Crippen LogP contribution in [0.1, 0.15) is 63.8 Å². The molecule has 3 aromatic rings. The minimum Gasteiger partial charge on any atom is -0.512 e. The second kappa shape index (κ2) is 10.4. The number of esters is 1. The molecule has 37 heavy (non-hydrogen) atoms. The lowest BCUT2D eigenvalue weighted by Crippen LogP contribution is -2.46. The van der Waals surface area contributed by atoms with Crippen LogP contribution in [0.25, 0.3) is 11.0 Å². The summed E-state index contributed by atoms with van der Waals surface area (Å²) in [5.41, 5.74) is 2.51. The largest absolute Gasteiger partial charge is 0.512 e. The Morgan fingerprint density at radius 1 is 1.22 bits per heavy atom. The third-order valence-electron chi connectivity index (χ3n) is 7.87. The van der Waals surface area contributed by atoms with E-state index in [1.165, 1.54) is 0 Å². The van der Waals surface area contributed by atoms with Gasteiger partial charge in [0.2, 0.25) is 0 Å². The van der Waals surface area contributed by atoms with E-state index >= 15 is 0 Å². The van der Waals surface area contributed by atoms with Crippen LogP contribution < -0.4 is 4.74 Å². The maximum Gasteiger partial charge on any atom is 0.338 e. The molecule has 7 heteroatoms. The number of carbonyl (C=O) groups is 1. The number of aryl methyl sites for hydroxylation is 2. The molecule has 1 N–H and O–H groups in total. The normalized spacial score (nSPS) is 20.7. The summed E-state index contributed by atoms with van der Waals surface area (Å²) in [6.45, 7) is 3.94. The zero-order chi connectivity index (χ0) is 26.2. The number of halogens is 1. The molecular weight excluding hydrogens is 488 g/mol. The molecule has 2 aliphatic rings. The van der Waals surface area contributed by atoms with Crippen molar-refractivity contribution in [1.82, 2.24) is 9.55 Å². The fourth-order valence-electron chi connectivity index (χ4n) is 5.90. The van der Waals surface area contributed by atoms with Gasteiger partial charge in [0, 0.05) is 19.9 Å². The van der Waals surface area contributed by atoms with E-state index in [4.69, 9.17) is 21.1 Å². The number of carbonyl (C=O) groups excluding carboxylic acids is 1. The van der Waals surface area contributed by atoms with Gasteiger partial charge in [-0.05, 0) is 75.3 Å². The summed E-state index contributed by atoms with van der Waals surface area (Å²) in [7, 11) is 1.93. The first-order valence-electron chi connectivity index (χ1n) is 13.3. The topological polar surface area (TPSA) is 73.6 Å². The average molecular weight is 523 g/mol. The van der Waals surface area contributed by atoms with Crippen molar-refractivity contribution in [3.05, 3.63) is 70.2 Å². The Labute approximate surface area is 223 Å². The first-order chi connectivity index (χ1) is 17.8.